The highest BCUT2D eigenvalue weighted by molar-refractivity contribution is 6.52. The Hall–Kier alpha value is -1.88. The number of amides is 1. The zero-order valence-electron chi connectivity index (χ0n) is 11.6. The van der Waals surface area contributed by atoms with E-state index >= 15 is 0 Å². The molecule has 1 N–H and O–H groups in total. The second-order valence-electron chi connectivity index (χ2n) is 4.81. The number of hydrogen-bond acceptors (Lipinski definition) is 4. The summed E-state index contributed by atoms with van der Waals surface area (Å²) in [5.74, 6) is -0.273. The van der Waals surface area contributed by atoms with Crippen molar-refractivity contribution in [2.45, 2.75) is 25.7 Å². The maximum absolute atomic E-state index is 12.0. The Bertz CT molecular complexity index is 513. The first-order chi connectivity index (χ1) is 9.69. The smallest absolute Gasteiger partial charge is 0.299 e. The molecule has 0 aromatic heterocycles. The number of hydrogen-bond donors (Lipinski definition) is 1. The number of rotatable bonds is 7. The predicted octanol–water partition coefficient (Wildman–Crippen LogP) is 1.78. The molecule has 0 aliphatic carbocycles. The minimum atomic E-state index is -0.463. The van der Waals surface area contributed by atoms with Gasteiger partial charge in [0.15, 0.2) is 0 Å². The van der Waals surface area contributed by atoms with Gasteiger partial charge in [-0.1, -0.05) is 12.8 Å². The van der Waals surface area contributed by atoms with E-state index in [4.69, 9.17) is 9.84 Å². The molecular weight excluding hydrogens is 258 g/mol. The highest BCUT2D eigenvalue weighted by Crippen LogP contribution is 2.32. The molecule has 5 nitrogen and oxygen atoms in total. The summed E-state index contributed by atoms with van der Waals surface area (Å²) < 4.78 is 5.14. The van der Waals surface area contributed by atoms with Gasteiger partial charge in [0, 0.05) is 19.2 Å². The Morgan fingerprint density at radius 2 is 1.90 bits per heavy atom. The fourth-order valence-electron chi connectivity index (χ4n) is 2.36. The molecule has 0 atom stereocenters. The number of aliphatic hydroxyl groups excluding tert-OH is 1. The zero-order valence-corrected chi connectivity index (χ0v) is 11.6. The van der Waals surface area contributed by atoms with Gasteiger partial charge in [0.1, 0.15) is 5.75 Å². The van der Waals surface area contributed by atoms with Gasteiger partial charge in [-0.3, -0.25) is 9.59 Å². The molecule has 0 spiro atoms. The lowest BCUT2D eigenvalue weighted by Crippen LogP contribution is -2.30. The monoisotopic (exact) mass is 277 g/mol. The highest BCUT2D eigenvalue weighted by atomic mass is 16.5. The van der Waals surface area contributed by atoms with E-state index in [1.165, 1.54) is 4.90 Å². The van der Waals surface area contributed by atoms with E-state index in [0.29, 0.717) is 23.5 Å². The lowest BCUT2D eigenvalue weighted by atomic mass is 10.1. The molecule has 0 radical (unpaired) electrons. The van der Waals surface area contributed by atoms with E-state index in [1.54, 1.807) is 25.3 Å². The van der Waals surface area contributed by atoms with Crippen LogP contribution in [0.5, 0.6) is 5.75 Å². The number of ketones is 1. The Kier molecular flexibility index (Phi) is 4.74. The van der Waals surface area contributed by atoms with E-state index in [9.17, 15) is 9.59 Å². The third-order valence-corrected chi connectivity index (χ3v) is 3.47. The fraction of sp³-hybridized carbons (Fsp3) is 0.467. The van der Waals surface area contributed by atoms with Crippen molar-refractivity contribution in [3.8, 4) is 5.75 Å². The summed E-state index contributed by atoms with van der Waals surface area (Å²) >= 11 is 0. The summed E-state index contributed by atoms with van der Waals surface area (Å²) in [5.41, 5.74) is 1.09. The second kappa shape index (κ2) is 6.52. The molecule has 20 heavy (non-hydrogen) atoms. The van der Waals surface area contributed by atoms with Crippen molar-refractivity contribution in [3.05, 3.63) is 23.8 Å². The molecule has 5 heteroatoms. The summed E-state index contributed by atoms with van der Waals surface area (Å²) in [4.78, 5) is 25.4. The second-order valence-corrected chi connectivity index (χ2v) is 4.81. The Labute approximate surface area is 118 Å². The summed E-state index contributed by atoms with van der Waals surface area (Å²) in [6, 6.07) is 5.06. The standard InChI is InChI=1S/C15H19NO4/c1-20-11-6-7-12-13(10-11)16(15(19)14(12)18)8-4-2-3-5-9-17/h6-7,10,17H,2-5,8-9H2,1H3. The molecule has 1 amide bonds. The Morgan fingerprint density at radius 1 is 1.15 bits per heavy atom. The molecule has 108 valence electrons. The van der Waals surface area contributed by atoms with Crippen molar-refractivity contribution in [3.63, 3.8) is 0 Å². The molecule has 1 aliphatic heterocycles. The number of fused-ring (bicyclic) bond motifs is 1. The number of carbonyl (C=O) groups excluding carboxylic acids is 2. The number of benzene rings is 1. The first-order valence-corrected chi connectivity index (χ1v) is 6.84. The highest BCUT2D eigenvalue weighted by Gasteiger charge is 2.35. The molecule has 1 heterocycles. The van der Waals surface area contributed by atoms with Crippen LogP contribution in [-0.4, -0.2) is 37.1 Å². The van der Waals surface area contributed by atoms with Gasteiger partial charge in [-0.05, 0) is 25.0 Å². The van der Waals surface area contributed by atoms with E-state index in [1.807, 2.05) is 0 Å². The summed E-state index contributed by atoms with van der Waals surface area (Å²) in [6.07, 6.45) is 3.45. The molecule has 0 fully saturated rings. The number of methoxy groups -OCH3 is 1. The van der Waals surface area contributed by atoms with Gasteiger partial charge in [-0.15, -0.1) is 0 Å². The summed E-state index contributed by atoms with van der Waals surface area (Å²) in [7, 11) is 1.56. The van der Waals surface area contributed by atoms with Crippen molar-refractivity contribution < 1.29 is 19.4 Å². The molecule has 1 aliphatic rings. The van der Waals surface area contributed by atoms with Gasteiger partial charge in [0.05, 0.1) is 18.4 Å². The van der Waals surface area contributed by atoms with E-state index in [0.717, 1.165) is 25.7 Å². The van der Waals surface area contributed by atoms with Crippen LogP contribution >= 0.6 is 0 Å². The van der Waals surface area contributed by atoms with Gasteiger partial charge in [-0.25, -0.2) is 0 Å². The molecule has 0 saturated heterocycles. The predicted molar refractivity (Wildman–Crippen MR) is 75.2 cm³/mol. The molecule has 1 aromatic carbocycles. The van der Waals surface area contributed by atoms with Crippen LogP contribution < -0.4 is 9.64 Å². The number of aliphatic hydroxyl groups is 1. The number of anilines is 1. The third-order valence-electron chi connectivity index (χ3n) is 3.47. The van der Waals surface area contributed by atoms with Crippen molar-refractivity contribution in [1.29, 1.82) is 0 Å². The maximum atomic E-state index is 12.0. The minimum Gasteiger partial charge on any atom is -0.497 e. The van der Waals surface area contributed by atoms with Crippen LogP contribution in [0.25, 0.3) is 0 Å². The van der Waals surface area contributed by atoms with Crippen LogP contribution in [0.1, 0.15) is 36.0 Å². The Morgan fingerprint density at radius 3 is 2.60 bits per heavy atom. The average Bonchev–Trinajstić information content (AvgIpc) is 2.71. The lowest BCUT2D eigenvalue weighted by Gasteiger charge is -2.16. The number of unbranched alkanes of at least 4 members (excludes halogenated alkanes) is 3. The van der Waals surface area contributed by atoms with Crippen molar-refractivity contribution in [2.75, 3.05) is 25.2 Å². The number of nitrogens with zero attached hydrogens (tertiary/aromatic N) is 1. The SMILES string of the molecule is COc1ccc2c(c1)N(CCCCCCO)C(=O)C2=O. The van der Waals surface area contributed by atoms with E-state index < -0.39 is 11.7 Å². The van der Waals surface area contributed by atoms with Crippen molar-refractivity contribution in [1.82, 2.24) is 0 Å². The summed E-state index contributed by atoms with van der Waals surface area (Å²) in [6.45, 7) is 0.720. The maximum Gasteiger partial charge on any atom is 0.299 e. The quantitative estimate of drug-likeness (QED) is 0.609. The van der Waals surface area contributed by atoms with Gasteiger partial charge < -0.3 is 14.7 Å². The van der Waals surface area contributed by atoms with Crippen molar-refractivity contribution in [2.24, 2.45) is 0 Å². The van der Waals surface area contributed by atoms with E-state index in [-0.39, 0.29) is 6.61 Å². The molecule has 2 rings (SSSR count). The largest absolute Gasteiger partial charge is 0.497 e. The van der Waals surface area contributed by atoms with Gasteiger partial charge >= 0.3 is 0 Å². The number of Topliss-reactive ketones (excluding diaryl/α,β-unsaturated/α-hetero) is 1. The average molecular weight is 277 g/mol. The minimum absolute atomic E-state index is 0.196. The zero-order chi connectivity index (χ0) is 14.5. The van der Waals surface area contributed by atoms with Crippen LogP contribution in [0, 0.1) is 0 Å². The van der Waals surface area contributed by atoms with Crippen LogP contribution in [-0.2, 0) is 4.79 Å². The fourth-order valence-corrected chi connectivity index (χ4v) is 2.36. The molecular formula is C15H19NO4. The Balaban J connectivity index is 2.07. The van der Waals surface area contributed by atoms with Crippen LogP contribution in [0.15, 0.2) is 18.2 Å². The van der Waals surface area contributed by atoms with Gasteiger partial charge in [0.25, 0.3) is 11.7 Å². The van der Waals surface area contributed by atoms with Crippen LogP contribution in [0.4, 0.5) is 5.69 Å². The molecule has 0 unspecified atom stereocenters. The molecule has 0 saturated carbocycles. The normalized spacial score (nSPS) is 13.8. The molecule has 0 bridgehead atoms. The summed E-state index contributed by atoms with van der Waals surface area (Å²) in [5, 5.41) is 8.72. The van der Waals surface area contributed by atoms with E-state index in [2.05, 4.69) is 0 Å². The number of ether oxygens (including phenoxy) is 1. The lowest BCUT2D eigenvalue weighted by molar-refractivity contribution is -0.114. The third kappa shape index (κ3) is 2.82. The van der Waals surface area contributed by atoms with Crippen LogP contribution in [0.3, 0.4) is 0 Å². The number of carbonyl (C=O) groups is 2. The van der Waals surface area contributed by atoms with Crippen molar-refractivity contribution >= 4 is 17.4 Å². The van der Waals surface area contributed by atoms with Crippen LogP contribution in [0.2, 0.25) is 0 Å². The first-order valence-electron chi connectivity index (χ1n) is 6.84. The molecule has 1 aromatic rings. The first kappa shape index (κ1) is 14.5. The topological polar surface area (TPSA) is 66.8 Å². The van der Waals surface area contributed by atoms with Gasteiger partial charge in [0.2, 0.25) is 0 Å². The van der Waals surface area contributed by atoms with Gasteiger partial charge in [-0.2, -0.15) is 0 Å².